The quantitative estimate of drug-likeness (QED) is 0.124. The summed E-state index contributed by atoms with van der Waals surface area (Å²) in [5.41, 5.74) is 17.7. The Labute approximate surface area is 390 Å². The van der Waals surface area contributed by atoms with Crippen LogP contribution < -0.4 is 11.5 Å². The van der Waals surface area contributed by atoms with Crippen molar-refractivity contribution in [3.63, 3.8) is 0 Å². The molecule has 0 radical (unpaired) electrons. The van der Waals surface area contributed by atoms with Crippen molar-refractivity contribution in [2.24, 2.45) is 22.3 Å². The van der Waals surface area contributed by atoms with Gasteiger partial charge in [0, 0.05) is 62.8 Å². The highest BCUT2D eigenvalue weighted by Gasteiger charge is 2.42. The third-order valence-corrected chi connectivity index (χ3v) is 12.2. The van der Waals surface area contributed by atoms with Crippen molar-refractivity contribution in [1.82, 2.24) is 28.9 Å². The summed E-state index contributed by atoms with van der Waals surface area (Å²) in [6.07, 6.45) is 4.58. The fourth-order valence-corrected chi connectivity index (χ4v) is 9.04. The summed E-state index contributed by atoms with van der Waals surface area (Å²) in [5, 5.41) is 0. The molecular formula is C54H68N8O4. The third kappa shape index (κ3) is 11.9. The Morgan fingerprint density at radius 3 is 1.20 bits per heavy atom. The number of amides is 2. The normalized spacial score (nSPS) is 18.2. The van der Waals surface area contributed by atoms with Crippen LogP contribution in [-0.2, 0) is 32.2 Å². The van der Waals surface area contributed by atoms with Gasteiger partial charge in [-0.25, -0.2) is 9.97 Å². The van der Waals surface area contributed by atoms with E-state index in [4.69, 9.17) is 30.9 Å². The summed E-state index contributed by atoms with van der Waals surface area (Å²) in [6.45, 7) is 16.9. The minimum absolute atomic E-state index is 0.0846. The number of ether oxygens (including phenoxy) is 2. The van der Waals surface area contributed by atoms with Crippen LogP contribution in [0.5, 0.6) is 0 Å². The van der Waals surface area contributed by atoms with Gasteiger partial charge in [0.1, 0.15) is 11.6 Å². The van der Waals surface area contributed by atoms with Crippen LogP contribution in [0.4, 0.5) is 0 Å². The van der Waals surface area contributed by atoms with Gasteiger partial charge in [0.15, 0.2) is 0 Å². The fraction of sp³-hybridized carbons (Fsp3) is 0.407. The average molecular weight is 893 g/mol. The Morgan fingerprint density at radius 2 is 0.879 bits per heavy atom. The molecule has 0 bridgehead atoms. The van der Waals surface area contributed by atoms with Crippen LogP contribution in [0.15, 0.2) is 134 Å². The standard InChI is InChI=1S/2C27H34N4O2/c2*1-27(2,3)25(31-18-22(16-28)33-15-14-24(31)32)26-29-23(21-12-8-5-9-13-21)19-30(26)17-20-10-6-4-7-11-20/h2*4-13,19,22,25H,14-18,28H2,1-3H3/t22-,25+;22-,25-/m10/s1. The van der Waals surface area contributed by atoms with Crippen molar-refractivity contribution in [2.45, 2.75) is 91.8 Å². The van der Waals surface area contributed by atoms with E-state index in [1.807, 2.05) is 82.6 Å². The van der Waals surface area contributed by atoms with E-state index in [9.17, 15) is 9.59 Å². The first-order chi connectivity index (χ1) is 31.7. The Hall–Kier alpha value is -5.92. The first-order valence-electron chi connectivity index (χ1n) is 23.3. The van der Waals surface area contributed by atoms with Crippen LogP contribution in [-0.4, -0.2) is 92.3 Å². The number of imidazole rings is 2. The predicted octanol–water partition coefficient (Wildman–Crippen LogP) is 8.52. The van der Waals surface area contributed by atoms with Crippen molar-refractivity contribution in [3.8, 4) is 22.5 Å². The first kappa shape index (κ1) is 48.0. The van der Waals surface area contributed by atoms with E-state index >= 15 is 0 Å². The molecule has 66 heavy (non-hydrogen) atoms. The molecule has 2 aromatic heterocycles. The van der Waals surface area contributed by atoms with Gasteiger partial charge < -0.3 is 39.9 Å². The van der Waals surface area contributed by atoms with Crippen LogP contribution >= 0.6 is 0 Å². The van der Waals surface area contributed by atoms with Crippen molar-refractivity contribution in [3.05, 3.63) is 156 Å². The third-order valence-electron chi connectivity index (χ3n) is 12.2. The van der Waals surface area contributed by atoms with Gasteiger partial charge in [0.25, 0.3) is 0 Å². The minimum Gasteiger partial charge on any atom is -0.375 e. The van der Waals surface area contributed by atoms with Crippen LogP contribution in [0.3, 0.4) is 0 Å². The van der Waals surface area contributed by atoms with Crippen molar-refractivity contribution in [1.29, 1.82) is 0 Å². The molecule has 12 heteroatoms. The number of nitrogens with zero attached hydrogens (tertiary/aromatic N) is 6. The second-order valence-corrected chi connectivity index (χ2v) is 19.5. The summed E-state index contributed by atoms with van der Waals surface area (Å²) in [4.78, 5) is 40.7. The molecule has 8 rings (SSSR count). The van der Waals surface area contributed by atoms with E-state index in [0.29, 0.717) is 65.3 Å². The summed E-state index contributed by atoms with van der Waals surface area (Å²) < 4.78 is 16.1. The van der Waals surface area contributed by atoms with Crippen molar-refractivity contribution < 1.29 is 19.1 Å². The van der Waals surface area contributed by atoms with Gasteiger partial charge in [-0.15, -0.1) is 0 Å². The second-order valence-electron chi connectivity index (χ2n) is 19.5. The Bertz CT molecular complexity index is 2290. The number of carbonyl (C=O) groups is 2. The molecule has 4 heterocycles. The summed E-state index contributed by atoms with van der Waals surface area (Å²) in [7, 11) is 0. The zero-order valence-electron chi connectivity index (χ0n) is 39.6. The second kappa shape index (κ2) is 21.6. The first-order valence-corrected chi connectivity index (χ1v) is 23.3. The molecule has 6 aromatic rings. The Balaban J connectivity index is 0.000000196. The van der Waals surface area contributed by atoms with Crippen molar-refractivity contribution in [2.75, 3.05) is 39.4 Å². The number of benzene rings is 4. The molecule has 0 saturated carbocycles. The maximum atomic E-state index is 13.3. The number of carbonyl (C=O) groups excluding carboxylic acids is 2. The minimum atomic E-state index is -0.243. The molecule has 2 aliphatic rings. The van der Waals surface area contributed by atoms with E-state index in [-0.39, 0.29) is 46.9 Å². The van der Waals surface area contributed by atoms with E-state index in [2.05, 4.69) is 112 Å². The molecule has 2 saturated heterocycles. The van der Waals surface area contributed by atoms with Gasteiger partial charge in [-0.05, 0) is 22.0 Å². The van der Waals surface area contributed by atoms with E-state index < -0.39 is 0 Å². The molecule has 0 aliphatic carbocycles. The topological polar surface area (TPSA) is 147 Å². The number of nitrogens with two attached hydrogens (primary N) is 2. The number of hydrogen-bond acceptors (Lipinski definition) is 8. The van der Waals surface area contributed by atoms with Crippen LogP contribution in [0.25, 0.3) is 22.5 Å². The molecule has 2 fully saturated rings. The number of rotatable bonds is 12. The molecule has 0 unspecified atom stereocenters. The lowest BCUT2D eigenvalue weighted by molar-refractivity contribution is -0.136. The van der Waals surface area contributed by atoms with E-state index in [0.717, 1.165) is 34.2 Å². The highest BCUT2D eigenvalue weighted by molar-refractivity contribution is 5.78. The fourth-order valence-electron chi connectivity index (χ4n) is 9.04. The summed E-state index contributed by atoms with van der Waals surface area (Å²) in [5.74, 6) is 1.94. The number of hydrogen-bond donors (Lipinski definition) is 2. The molecule has 4 N–H and O–H groups in total. The smallest absolute Gasteiger partial charge is 0.225 e. The molecule has 0 spiro atoms. The van der Waals surface area contributed by atoms with E-state index in [1.54, 1.807) is 0 Å². The Morgan fingerprint density at radius 1 is 0.545 bits per heavy atom. The zero-order chi connectivity index (χ0) is 46.8. The monoisotopic (exact) mass is 893 g/mol. The van der Waals surface area contributed by atoms with Crippen molar-refractivity contribution >= 4 is 11.8 Å². The predicted molar refractivity (Wildman–Crippen MR) is 261 cm³/mol. The molecule has 12 nitrogen and oxygen atoms in total. The van der Waals surface area contributed by atoms with Gasteiger partial charge >= 0.3 is 0 Å². The molecule has 2 amide bonds. The molecule has 4 aromatic carbocycles. The van der Waals surface area contributed by atoms with Gasteiger partial charge in [-0.3, -0.25) is 9.59 Å². The highest BCUT2D eigenvalue weighted by Crippen LogP contribution is 2.41. The molecular weight excluding hydrogens is 825 g/mol. The maximum absolute atomic E-state index is 13.3. The summed E-state index contributed by atoms with van der Waals surface area (Å²) in [6, 6.07) is 40.7. The Kier molecular flexibility index (Phi) is 15.7. The zero-order valence-corrected chi connectivity index (χ0v) is 39.6. The van der Waals surface area contributed by atoms with Crippen LogP contribution in [0.1, 0.15) is 89.2 Å². The van der Waals surface area contributed by atoms with Crippen LogP contribution in [0.2, 0.25) is 0 Å². The van der Waals surface area contributed by atoms with Gasteiger partial charge in [-0.2, -0.15) is 0 Å². The lowest BCUT2D eigenvalue weighted by Crippen LogP contribution is -2.46. The van der Waals surface area contributed by atoms with Gasteiger partial charge in [0.2, 0.25) is 11.8 Å². The lowest BCUT2D eigenvalue weighted by atomic mass is 9.84. The lowest BCUT2D eigenvalue weighted by Gasteiger charge is -2.40. The molecule has 348 valence electrons. The van der Waals surface area contributed by atoms with E-state index in [1.165, 1.54) is 11.1 Å². The molecule has 4 atom stereocenters. The molecule has 2 aliphatic heterocycles. The van der Waals surface area contributed by atoms with Crippen LogP contribution in [0, 0.1) is 10.8 Å². The van der Waals surface area contributed by atoms with Gasteiger partial charge in [0.05, 0.1) is 61.7 Å². The summed E-state index contributed by atoms with van der Waals surface area (Å²) >= 11 is 0. The highest BCUT2D eigenvalue weighted by atomic mass is 16.5. The average Bonchev–Trinajstić information content (AvgIpc) is 3.79. The number of aromatic nitrogens is 4. The van der Waals surface area contributed by atoms with Gasteiger partial charge in [-0.1, -0.05) is 163 Å². The SMILES string of the molecule is CC(C)(C)[C@H](c1nc(-c2ccccc2)cn1Cc1ccccc1)N1C[C@@H](CN)OCCC1=O.CC(C)(C)[C@H](c1nc(-c2ccccc2)cn1Cc1ccccc1)N1C[C@H](CN)OCCC1=O. The largest absolute Gasteiger partial charge is 0.375 e. The maximum Gasteiger partial charge on any atom is 0.225 e.